The predicted molar refractivity (Wildman–Crippen MR) is 102 cm³/mol. The highest BCUT2D eigenvalue weighted by molar-refractivity contribution is 7.80. The second kappa shape index (κ2) is 7.18. The largest absolute Gasteiger partial charge is 0.368 e. The maximum Gasteiger partial charge on any atom is 0.173 e. The summed E-state index contributed by atoms with van der Waals surface area (Å²) in [6.45, 7) is 7.73. The van der Waals surface area contributed by atoms with Crippen molar-refractivity contribution < 1.29 is 4.39 Å². The number of para-hydroxylation sites is 1. The Hall–Kier alpha value is -2.14. The summed E-state index contributed by atoms with van der Waals surface area (Å²) in [6.07, 6.45) is 0. The van der Waals surface area contributed by atoms with Crippen molar-refractivity contribution in [3.63, 3.8) is 0 Å². The highest BCUT2D eigenvalue weighted by atomic mass is 32.1. The predicted octanol–water partition coefficient (Wildman–Crippen LogP) is 3.96. The molecule has 3 rings (SSSR count). The fourth-order valence-electron chi connectivity index (χ4n) is 2.97. The van der Waals surface area contributed by atoms with Crippen molar-refractivity contribution in [3.05, 3.63) is 59.4 Å². The topological polar surface area (TPSA) is 18.5 Å². The molecule has 1 heterocycles. The molecule has 1 aliphatic rings. The second-order valence-electron chi connectivity index (χ2n) is 6.17. The molecule has 0 aromatic heterocycles. The van der Waals surface area contributed by atoms with Crippen LogP contribution in [-0.4, -0.2) is 36.2 Å². The van der Waals surface area contributed by atoms with Gasteiger partial charge in [0.25, 0.3) is 0 Å². The van der Waals surface area contributed by atoms with E-state index in [0.717, 1.165) is 26.2 Å². The van der Waals surface area contributed by atoms with E-state index >= 15 is 0 Å². The highest BCUT2D eigenvalue weighted by Crippen LogP contribution is 2.23. The maximum atomic E-state index is 13.7. The number of hydrogen-bond acceptors (Lipinski definition) is 2. The van der Waals surface area contributed by atoms with Crippen LogP contribution in [0.1, 0.15) is 11.1 Å². The average Bonchev–Trinajstić information content (AvgIpc) is 2.59. The van der Waals surface area contributed by atoms with Crippen LogP contribution in [0.25, 0.3) is 0 Å². The Morgan fingerprint density at radius 3 is 2.46 bits per heavy atom. The van der Waals surface area contributed by atoms with Crippen LogP contribution in [0, 0.1) is 19.7 Å². The van der Waals surface area contributed by atoms with Crippen LogP contribution in [0.4, 0.5) is 15.8 Å². The average molecular weight is 343 g/mol. The molecule has 1 fully saturated rings. The zero-order chi connectivity index (χ0) is 17.1. The first-order valence-corrected chi connectivity index (χ1v) is 8.58. The van der Waals surface area contributed by atoms with E-state index in [0.29, 0.717) is 10.8 Å². The molecule has 0 amide bonds. The molecule has 2 aromatic carbocycles. The number of nitrogens with zero attached hydrogens (tertiary/aromatic N) is 2. The number of halogens is 1. The smallest absolute Gasteiger partial charge is 0.173 e. The van der Waals surface area contributed by atoms with Crippen molar-refractivity contribution in [2.45, 2.75) is 13.8 Å². The number of thiocarbonyl (C=S) groups is 1. The molecule has 1 N–H and O–H groups in total. The van der Waals surface area contributed by atoms with Crippen molar-refractivity contribution in [2.75, 3.05) is 36.4 Å². The normalized spacial score (nSPS) is 14.6. The Balaban J connectivity index is 1.61. The molecular formula is C19H22FN3S. The first-order valence-electron chi connectivity index (χ1n) is 8.17. The van der Waals surface area contributed by atoms with E-state index in [9.17, 15) is 4.39 Å². The van der Waals surface area contributed by atoms with Gasteiger partial charge in [0.15, 0.2) is 5.11 Å². The highest BCUT2D eigenvalue weighted by Gasteiger charge is 2.20. The quantitative estimate of drug-likeness (QED) is 0.832. The fourth-order valence-corrected chi connectivity index (χ4v) is 3.26. The Kier molecular flexibility index (Phi) is 5.00. The molecule has 0 saturated carbocycles. The van der Waals surface area contributed by atoms with Crippen LogP contribution in [0.15, 0.2) is 42.5 Å². The van der Waals surface area contributed by atoms with Crippen LogP contribution in [0.2, 0.25) is 0 Å². The maximum absolute atomic E-state index is 13.7. The van der Waals surface area contributed by atoms with E-state index in [2.05, 4.69) is 47.2 Å². The summed E-state index contributed by atoms with van der Waals surface area (Å²) in [4.78, 5) is 4.49. The zero-order valence-electron chi connectivity index (χ0n) is 14.1. The van der Waals surface area contributed by atoms with Gasteiger partial charge in [-0.05, 0) is 55.4 Å². The number of hydrogen-bond donors (Lipinski definition) is 1. The second-order valence-corrected chi connectivity index (χ2v) is 6.56. The van der Waals surface area contributed by atoms with Crippen molar-refractivity contribution >= 4 is 28.7 Å². The molecule has 0 spiro atoms. The minimum atomic E-state index is -0.283. The van der Waals surface area contributed by atoms with Crippen molar-refractivity contribution in [3.8, 4) is 0 Å². The van der Waals surface area contributed by atoms with Crippen LogP contribution in [0.5, 0.6) is 0 Å². The van der Waals surface area contributed by atoms with Crippen LogP contribution in [0.3, 0.4) is 0 Å². The Morgan fingerprint density at radius 1 is 1.04 bits per heavy atom. The summed E-state index contributed by atoms with van der Waals surface area (Å²) >= 11 is 5.45. The molecule has 0 aliphatic carbocycles. The molecule has 24 heavy (non-hydrogen) atoms. The van der Waals surface area contributed by atoms with Gasteiger partial charge in [0.1, 0.15) is 5.82 Å². The van der Waals surface area contributed by atoms with E-state index in [-0.39, 0.29) is 5.82 Å². The number of benzene rings is 2. The Bertz CT molecular complexity index is 739. The zero-order valence-corrected chi connectivity index (χ0v) is 14.9. The lowest BCUT2D eigenvalue weighted by molar-refractivity contribution is 0.390. The molecule has 3 nitrogen and oxygen atoms in total. The van der Waals surface area contributed by atoms with Gasteiger partial charge in [0.2, 0.25) is 0 Å². The van der Waals surface area contributed by atoms with Gasteiger partial charge in [-0.3, -0.25) is 0 Å². The number of piperazine rings is 1. The number of aryl methyl sites for hydroxylation is 2. The van der Waals surface area contributed by atoms with Gasteiger partial charge in [-0.15, -0.1) is 0 Å². The van der Waals surface area contributed by atoms with Crippen molar-refractivity contribution in [1.82, 2.24) is 4.90 Å². The Morgan fingerprint density at radius 2 is 1.75 bits per heavy atom. The van der Waals surface area contributed by atoms with Gasteiger partial charge in [-0.2, -0.15) is 0 Å². The van der Waals surface area contributed by atoms with Crippen LogP contribution < -0.4 is 10.2 Å². The van der Waals surface area contributed by atoms with E-state index in [1.807, 2.05) is 0 Å². The van der Waals surface area contributed by atoms with Gasteiger partial charge in [-0.1, -0.05) is 24.3 Å². The summed E-state index contributed by atoms with van der Waals surface area (Å²) in [5.41, 5.74) is 4.29. The molecule has 1 saturated heterocycles. The van der Waals surface area contributed by atoms with Gasteiger partial charge in [0.05, 0.1) is 5.69 Å². The van der Waals surface area contributed by atoms with Gasteiger partial charge < -0.3 is 15.1 Å². The van der Waals surface area contributed by atoms with Crippen LogP contribution >= 0.6 is 12.2 Å². The summed E-state index contributed by atoms with van der Waals surface area (Å²) in [7, 11) is 0. The van der Waals surface area contributed by atoms with Crippen molar-refractivity contribution in [1.29, 1.82) is 0 Å². The van der Waals surface area contributed by atoms with Gasteiger partial charge >= 0.3 is 0 Å². The Labute approximate surface area is 148 Å². The molecule has 0 bridgehead atoms. The lowest BCUT2D eigenvalue weighted by atomic mass is 10.1. The molecule has 126 valence electrons. The number of anilines is 2. The minimum absolute atomic E-state index is 0.283. The van der Waals surface area contributed by atoms with Crippen molar-refractivity contribution in [2.24, 2.45) is 0 Å². The SMILES string of the molecule is Cc1ccc(C)c(N2CCN(C(=S)Nc3ccccc3F)CC2)c1. The van der Waals surface area contributed by atoms with Crippen LogP contribution in [-0.2, 0) is 0 Å². The minimum Gasteiger partial charge on any atom is -0.368 e. The van der Waals surface area contributed by atoms with E-state index in [1.54, 1.807) is 18.2 Å². The molecular weight excluding hydrogens is 321 g/mol. The molecule has 1 aliphatic heterocycles. The lowest BCUT2D eigenvalue weighted by Crippen LogP contribution is -2.50. The monoisotopic (exact) mass is 343 g/mol. The third-order valence-corrected chi connectivity index (χ3v) is 4.75. The van der Waals surface area contributed by atoms with Gasteiger partial charge in [-0.25, -0.2) is 4.39 Å². The summed E-state index contributed by atoms with van der Waals surface area (Å²) in [5.74, 6) is -0.283. The summed E-state index contributed by atoms with van der Waals surface area (Å²) in [6, 6.07) is 13.2. The molecule has 0 atom stereocenters. The standard InChI is InChI=1S/C19H22FN3S/c1-14-7-8-15(2)18(13-14)22-9-11-23(12-10-22)19(24)21-17-6-4-3-5-16(17)20/h3-8,13H,9-12H2,1-2H3,(H,21,24). The first-order chi connectivity index (χ1) is 11.5. The number of nitrogens with one attached hydrogen (secondary N) is 1. The summed E-state index contributed by atoms with van der Waals surface area (Å²) in [5, 5.41) is 3.60. The lowest BCUT2D eigenvalue weighted by Gasteiger charge is -2.38. The third kappa shape index (κ3) is 3.67. The van der Waals surface area contributed by atoms with Gasteiger partial charge in [0, 0.05) is 31.9 Å². The number of rotatable bonds is 2. The molecule has 0 unspecified atom stereocenters. The van der Waals surface area contributed by atoms with E-state index < -0.39 is 0 Å². The fraction of sp³-hybridized carbons (Fsp3) is 0.316. The third-order valence-electron chi connectivity index (χ3n) is 4.39. The molecule has 5 heteroatoms. The van der Waals surface area contributed by atoms with E-state index in [1.165, 1.54) is 22.9 Å². The summed E-state index contributed by atoms with van der Waals surface area (Å²) < 4.78 is 13.7. The molecule has 2 aromatic rings. The van der Waals surface area contributed by atoms with E-state index in [4.69, 9.17) is 12.2 Å². The molecule has 0 radical (unpaired) electrons. The first kappa shape index (κ1) is 16.7.